The van der Waals surface area contributed by atoms with E-state index >= 15 is 0 Å². The number of fused-ring (bicyclic) bond motifs is 1. The first-order valence-electron chi connectivity index (χ1n) is 6.21. The van der Waals surface area contributed by atoms with Gasteiger partial charge in [-0.15, -0.1) is 0 Å². The molecular formula is C16H15N3. The predicted octanol–water partition coefficient (Wildman–Crippen LogP) is 3.87. The molecule has 19 heavy (non-hydrogen) atoms. The van der Waals surface area contributed by atoms with E-state index in [9.17, 15) is 0 Å². The third kappa shape index (κ3) is 2.10. The van der Waals surface area contributed by atoms with Crippen molar-refractivity contribution in [1.82, 2.24) is 4.98 Å². The number of nitrogens with zero attached hydrogens (tertiary/aromatic N) is 1. The van der Waals surface area contributed by atoms with E-state index in [2.05, 4.69) is 16.4 Å². The maximum atomic E-state index is 6.10. The lowest BCUT2D eigenvalue weighted by molar-refractivity contribution is 1.41. The molecule has 0 aliphatic carbocycles. The zero-order valence-corrected chi connectivity index (χ0v) is 10.7. The number of benzene rings is 2. The van der Waals surface area contributed by atoms with Crippen molar-refractivity contribution in [3.63, 3.8) is 0 Å². The van der Waals surface area contributed by atoms with E-state index in [4.69, 9.17) is 5.73 Å². The number of para-hydroxylation sites is 1. The SMILES string of the molecule is Cc1cccc(Nc2cccc3ncccc23)c1N. The maximum Gasteiger partial charge on any atom is 0.0722 e. The van der Waals surface area contributed by atoms with Gasteiger partial charge in [0.05, 0.1) is 16.9 Å². The van der Waals surface area contributed by atoms with Gasteiger partial charge in [-0.3, -0.25) is 4.98 Å². The molecule has 3 N–H and O–H groups in total. The second-order valence-corrected chi connectivity index (χ2v) is 4.54. The van der Waals surface area contributed by atoms with E-state index in [0.717, 1.165) is 33.5 Å². The van der Waals surface area contributed by atoms with Crippen LogP contribution in [0, 0.1) is 6.92 Å². The van der Waals surface area contributed by atoms with Crippen LogP contribution in [-0.2, 0) is 0 Å². The summed E-state index contributed by atoms with van der Waals surface area (Å²) in [6, 6.07) is 16.0. The molecule has 0 amide bonds. The van der Waals surface area contributed by atoms with Crippen molar-refractivity contribution >= 4 is 28.0 Å². The standard InChI is InChI=1S/C16H15N3/c1-11-5-2-9-15(16(11)17)19-14-8-3-7-13-12(14)6-4-10-18-13/h2-10,19H,17H2,1H3. The molecule has 0 aliphatic rings. The van der Waals surface area contributed by atoms with E-state index in [1.165, 1.54) is 0 Å². The van der Waals surface area contributed by atoms with Crippen LogP contribution in [0.1, 0.15) is 5.56 Å². The molecular weight excluding hydrogens is 234 g/mol. The Labute approximate surface area is 112 Å². The Hall–Kier alpha value is -2.55. The van der Waals surface area contributed by atoms with Gasteiger partial charge in [-0.05, 0) is 42.8 Å². The fraction of sp³-hybridized carbons (Fsp3) is 0.0625. The lowest BCUT2D eigenvalue weighted by atomic mass is 10.1. The fourth-order valence-electron chi connectivity index (χ4n) is 2.15. The number of nitrogens with two attached hydrogens (primary N) is 1. The Morgan fingerprint density at radius 3 is 2.63 bits per heavy atom. The van der Waals surface area contributed by atoms with Gasteiger partial charge in [0.1, 0.15) is 0 Å². The minimum Gasteiger partial charge on any atom is -0.397 e. The summed E-state index contributed by atoms with van der Waals surface area (Å²) in [6.45, 7) is 2.01. The van der Waals surface area contributed by atoms with Crippen LogP contribution in [0.5, 0.6) is 0 Å². The van der Waals surface area contributed by atoms with Gasteiger partial charge in [0.2, 0.25) is 0 Å². The van der Waals surface area contributed by atoms with Crippen LogP contribution in [0.15, 0.2) is 54.7 Å². The third-order valence-corrected chi connectivity index (χ3v) is 3.24. The first kappa shape index (κ1) is 11.5. The topological polar surface area (TPSA) is 50.9 Å². The van der Waals surface area contributed by atoms with Crippen molar-refractivity contribution in [2.75, 3.05) is 11.1 Å². The molecule has 1 heterocycles. The van der Waals surface area contributed by atoms with E-state index in [-0.39, 0.29) is 0 Å². The van der Waals surface area contributed by atoms with Crippen LogP contribution in [-0.4, -0.2) is 4.98 Å². The first-order chi connectivity index (χ1) is 9.25. The molecule has 3 nitrogen and oxygen atoms in total. The second-order valence-electron chi connectivity index (χ2n) is 4.54. The Balaban J connectivity index is 2.09. The Morgan fingerprint density at radius 2 is 1.74 bits per heavy atom. The zero-order valence-electron chi connectivity index (χ0n) is 10.7. The fourth-order valence-corrected chi connectivity index (χ4v) is 2.15. The highest BCUT2D eigenvalue weighted by Gasteiger charge is 2.05. The summed E-state index contributed by atoms with van der Waals surface area (Å²) in [5.74, 6) is 0. The van der Waals surface area contributed by atoms with Crippen molar-refractivity contribution in [1.29, 1.82) is 0 Å². The van der Waals surface area contributed by atoms with E-state index in [1.54, 1.807) is 6.20 Å². The van der Waals surface area contributed by atoms with Crippen molar-refractivity contribution in [2.24, 2.45) is 0 Å². The number of aromatic nitrogens is 1. The molecule has 0 aliphatic heterocycles. The van der Waals surface area contributed by atoms with Gasteiger partial charge in [0.15, 0.2) is 0 Å². The van der Waals surface area contributed by atoms with E-state index in [1.807, 2.05) is 49.4 Å². The number of pyridine rings is 1. The Kier molecular flexibility index (Phi) is 2.80. The molecule has 0 saturated heterocycles. The Bertz CT molecular complexity index is 730. The average Bonchev–Trinajstić information content (AvgIpc) is 2.44. The summed E-state index contributed by atoms with van der Waals surface area (Å²) in [5, 5.41) is 4.48. The zero-order chi connectivity index (χ0) is 13.2. The van der Waals surface area contributed by atoms with Crippen LogP contribution in [0.25, 0.3) is 10.9 Å². The summed E-state index contributed by atoms with van der Waals surface area (Å²) in [4.78, 5) is 4.35. The molecule has 0 radical (unpaired) electrons. The van der Waals surface area contributed by atoms with Crippen molar-refractivity contribution in [2.45, 2.75) is 6.92 Å². The molecule has 3 rings (SSSR count). The first-order valence-corrected chi connectivity index (χ1v) is 6.21. The summed E-state index contributed by atoms with van der Waals surface area (Å²) < 4.78 is 0. The average molecular weight is 249 g/mol. The van der Waals surface area contributed by atoms with Gasteiger partial charge in [-0.1, -0.05) is 18.2 Å². The molecule has 94 valence electrons. The lowest BCUT2D eigenvalue weighted by Crippen LogP contribution is -1.98. The van der Waals surface area contributed by atoms with Crippen LogP contribution in [0.3, 0.4) is 0 Å². The normalized spacial score (nSPS) is 10.6. The van der Waals surface area contributed by atoms with Gasteiger partial charge in [-0.2, -0.15) is 0 Å². The maximum absolute atomic E-state index is 6.10. The van der Waals surface area contributed by atoms with Gasteiger partial charge in [0, 0.05) is 17.3 Å². The lowest BCUT2D eigenvalue weighted by Gasteiger charge is -2.12. The molecule has 3 heteroatoms. The molecule has 3 aromatic rings. The summed E-state index contributed by atoms with van der Waals surface area (Å²) in [5.41, 5.74) is 10.9. The van der Waals surface area contributed by atoms with Gasteiger partial charge >= 0.3 is 0 Å². The predicted molar refractivity (Wildman–Crippen MR) is 80.6 cm³/mol. The minimum atomic E-state index is 0.781. The number of hydrogen-bond donors (Lipinski definition) is 2. The summed E-state index contributed by atoms with van der Waals surface area (Å²) in [6.07, 6.45) is 1.80. The van der Waals surface area contributed by atoms with Crippen LogP contribution in [0.2, 0.25) is 0 Å². The van der Waals surface area contributed by atoms with Crippen LogP contribution >= 0.6 is 0 Å². The number of aryl methyl sites for hydroxylation is 1. The molecule has 0 saturated carbocycles. The minimum absolute atomic E-state index is 0.781. The van der Waals surface area contributed by atoms with Gasteiger partial charge in [0.25, 0.3) is 0 Å². The van der Waals surface area contributed by atoms with Gasteiger partial charge in [-0.25, -0.2) is 0 Å². The monoisotopic (exact) mass is 249 g/mol. The summed E-state index contributed by atoms with van der Waals surface area (Å²) in [7, 11) is 0. The molecule has 1 aromatic heterocycles. The highest BCUT2D eigenvalue weighted by molar-refractivity contribution is 5.94. The number of hydrogen-bond acceptors (Lipinski definition) is 3. The molecule has 2 aromatic carbocycles. The van der Waals surface area contributed by atoms with Gasteiger partial charge < -0.3 is 11.1 Å². The van der Waals surface area contributed by atoms with Crippen molar-refractivity contribution in [3.8, 4) is 0 Å². The number of nitrogen functional groups attached to an aromatic ring is 1. The molecule has 0 bridgehead atoms. The highest BCUT2D eigenvalue weighted by Crippen LogP contribution is 2.29. The van der Waals surface area contributed by atoms with Crippen LogP contribution < -0.4 is 11.1 Å². The Morgan fingerprint density at radius 1 is 0.947 bits per heavy atom. The molecule has 0 fully saturated rings. The highest BCUT2D eigenvalue weighted by atomic mass is 14.9. The van der Waals surface area contributed by atoms with Crippen LogP contribution in [0.4, 0.5) is 17.1 Å². The molecule has 0 spiro atoms. The van der Waals surface area contributed by atoms with E-state index < -0.39 is 0 Å². The number of rotatable bonds is 2. The largest absolute Gasteiger partial charge is 0.397 e. The summed E-state index contributed by atoms with van der Waals surface area (Å²) >= 11 is 0. The van der Waals surface area contributed by atoms with Crippen molar-refractivity contribution < 1.29 is 0 Å². The van der Waals surface area contributed by atoms with Crippen molar-refractivity contribution in [3.05, 3.63) is 60.3 Å². The number of anilines is 3. The molecule has 0 atom stereocenters. The smallest absolute Gasteiger partial charge is 0.0722 e. The molecule has 0 unspecified atom stereocenters. The van der Waals surface area contributed by atoms with E-state index in [0.29, 0.717) is 0 Å². The second kappa shape index (κ2) is 4.61. The quantitative estimate of drug-likeness (QED) is 0.678. The third-order valence-electron chi connectivity index (χ3n) is 3.24. The number of nitrogens with one attached hydrogen (secondary N) is 1.